The summed E-state index contributed by atoms with van der Waals surface area (Å²) in [6, 6.07) is 0. The molecule has 4 heteroatoms. The average Bonchev–Trinajstić information content (AvgIpc) is 2.51. The van der Waals surface area contributed by atoms with Gasteiger partial charge in [0.15, 0.2) is 0 Å². The smallest absolute Gasteiger partial charge is 0.0897 e. The highest BCUT2D eigenvalue weighted by molar-refractivity contribution is 7.09. The first kappa shape index (κ1) is 12.4. The van der Waals surface area contributed by atoms with Crippen molar-refractivity contribution in [3.05, 3.63) is 28.2 Å². The molecule has 3 nitrogen and oxygen atoms in total. The average molecular weight is 225 g/mol. The van der Waals surface area contributed by atoms with Gasteiger partial charge in [0.1, 0.15) is 0 Å². The third kappa shape index (κ3) is 4.55. The summed E-state index contributed by atoms with van der Waals surface area (Å²) >= 11 is 1.70. The number of thiazole rings is 1. The standard InChI is InChI=1S/C11H19N3S/c1-9(5-12-3)6-14(4)7-11-8-15-10(2)13-11/h8,12H,1,5-7H2,2-4H3. The molecule has 1 aromatic heterocycles. The summed E-state index contributed by atoms with van der Waals surface area (Å²) in [5, 5.41) is 6.35. The summed E-state index contributed by atoms with van der Waals surface area (Å²) in [7, 11) is 4.03. The van der Waals surface area contributed by atoms with Gasteiger partial charge in [-0.15, -0.1) is 11.3 Å². The Labute approximate surface area is 95.8 Å². The Morgan fingerprint density at radius 2 is 2.40 bits per heavy atom. The van der Waals surface area contributed by atoms with E-state index in [-0.39, 0.29) is 0 Å². The molecule has 0 saturated heterocycles. The van der Waals surface area contributed by atoms with Crippen LogP contribution in [0.1, 0.15) is 10.7 Å². The molecule has 15 heavy (non-hydrogen) atoms. The minimum Gasteiger partial charge on any atom is -0.316 e. The van der Waals surface area contributed by atoms with Gasteiger partial charge in [-0.25, -0.2) is 4.98 Å². The van der Waals surface area contributed by atoms with E-state index in [0.717, 1.165) is 30.3 Å². The number of nitrogens with one attached hydrogen (secondary N) is 1. The molecule has 1 aromatic rings. The number of likely N-dealkylation sites (N-methyl/N-ethyl adjacent to an activating group) is 2. The summed E-state index contributed by atoms with van der Waals surface area (Å²) < 4.78 is 0. The van der Waals surface area contributed by atoms with E-state index in [1.165, 1.54) is 5.57 Å². The second-order valence-electron chi connectivity index (χ2n) is 3.81. The van der Waals surface area contributed by atoms with E-state index in [4.69, 9.17) is 0 Å². The molecule has 0 aliphatic heterocycles. The Hall–Kier alpha value is -0.710. The molecule has 0 atom stereocenters. The summed E-state index contributed by atoms with van der Waals surface area (Å²) in [4.78, 5) is 6.67. The number of hydrogen-bond acceptors (Lipinski definition) is 4. The SMILES string of the molecule is C=C(CNC)CN(C)Cc1csc(C)n1. The fourth-order valence-corrected chi connectivity index (χ4v) is 2.10. The molecule has 0 spiro atoms. The van der Waals surface area contributed by atoms with E-state index in [2.05, 4.69) is 34.2 Å². The van der Waals surface area contributed by atoms with Gasteiger partial charge in [-0.1, -0.05) is 6.58 Å². The van der Waals surface area contributed by atoms with Gasteiger partial charge in [0, 0.05) is 25.0 Å². The lowest BCUT2D eigenvalue weighted by atomic mass is 10.3. The Kier molecular flexibility index (Phi) is 4.94. The molecule has 0 radical (unpaired) electrons. The van der Waals surface area contributed by atoms with E-state index in [1.807, 2.05) is 14.0 Å². The van der Waals surface area contributed by atoms with Crippen LogP contribution in [-0.4, -0.2) is 37.1 Å². The van der Waals surface area contributed by atoms with Crippen molar-refractivity contribution >= 4 is 11.3 Å². The van der Waals surface area contributed by atoms with Crippen LogP contribution < -0.4 is 5.32 Å². The zero-order valence-corrected chi connectivity index (χ0v) is 10.5. The monoisotopic (exact) mass is 225 g/mol. The topological polar surface area (TPSA) is 28.2 Å². The van der Waals surface area contributed by atoms with Crippen LogP contribution in [0.5, 0.6) is 0 Å². The van der Waals surface area contributed by atoms with Gasteiger partial charge in [-0.2, -0.15) is 0 Å². The molecule has 0 aliphatic rings. The van der Waals surface area contributed by atoms with Crippen molar-refractivity contribution in [2.75, 3.05) is 27.2 Å². The first-order valence-electron chi connectivity index (χ1n) is 5.02. The van der Waals surface area contributed by atoms with Crippen LogP contribution in [0.3, 0.4) is 0 Å². The quantitative estimate of drug-likeness (QED) is 0.746. The first-order chi connectivity index (χ1) is 7.11. The molecular weight excluding hydrogens is 206 g/mol. The summed E-state index contributed by atoms with van der Waals surface area (Å²) in [6.07, 6.45) is 0. The van der Waals surface area contributed by atoms with Crippen molar-refractivity contribution in [2.45, 2.75) is 13.5 Å². The number of aryl methyl sites for hydroxylation is 1. The summed E-state index contributed by atoms with van der Waals surface area (Å²) in [5.41, 5.74) is 2.35. The molecule has 0 aliphatic carbocycles. The molecular formula is C11H19N3S. The van der Waals surface area contributed by atoms with Gasteiger partial charge in [0.05, 0.1) is 10.7 Å². The van der Waals surface area contributed by atoms with Crippen LogP contribution >= 0.6 is 11.3 Å². The highest BCUT2D eigenvalue weighted by Gasteiger charge is 2.04. The number of hydrogen-bond donors (Lipinski definition) is 1. The van der Waals surface area contributed by atoms with E-state index < -0.39 is 0 Å². The normalized spacial score (nSPS) is 10.9. The maximum absolute atomic E-state index is 4.44. The van der Waals surface area contributed by atoms with Gasteiger partial charge in [-0.3, -0.25) is 4.90 Å². The van der Waals surface area contributed by atoms with Crippen molar-refractivity contribution in [1.29, 1.82) is 0 Å². The third-order valence-corrected chi connectivity index (χ3v) is 2.84. The Balaban J connectivity index is 2.35. The fraction of sp³-hybridized carbons (Fsp3) is 0.545. The Morgan fingerprint density at radius 3 is 2.93 bits per heavy atom. The van der Waals surface area contributed by atoms with Crippen LogP contribution in [0.25, 0.3) is 0 Å². The second-order valence-corrected chi connectivity index (χ2v) is 4.87. The lowest BCUT2D eigenvalue weighted by Gasteiger charge is -2.16. The van der Waals surface area contributed by atoms with Crippen LogP contribution in [0, 0.1) is 6.92 Å². The van der Waals surface area contributed by atoms with Crippen LogP contribution in [0.4, 0.5) is 0 Å². The van der Waals surface area contributed by atoms with E-state index >= 15 is 0 Å². The Bertz CT molecular complexity index is 319. The Morgan fingerprint density at radius 1 is 1.67 bits per heavy atom. The summed E-state index contributed by atoms with van der Waals surface area (Å²) in [5.74, 6) is 0. The molecule has 0 amide bonds. The van der Waals surface area contributed by atoms with Crippen molar-refractivity contribution in [3.8, 4) is 0 Å². The van der Waals surface area contributed by atoms with Crippen LogP contribution in [-0.2, 0) is 6.54 Å². The zero-order valence-electron chi connectivity index (χ0n) is 9.71. The maximum Gasteiger partial charge on any atom is 0.0897 e. The molecule has 84 valence electrons. The van der Waals surface area contributed by atoms with Crippen LogP contribution in [0.15, 0.2) is 17.5 Å². The summed E-state index contributed by atoms with van der Waals surface area (Å²) in [6.45, 7) is 8.73. The number of aromatic nitrogens is 1. The van der Waals surface area contributed by atoms with Gasteiger partial charge >= 0.3 is 0 Å². The molecule has 0 aromatic carbocycles. The first-order valence-corrected chi connectivity index (χ1v) is 5.90. The lowest BCUT2D eigenvalue weighted by Crippen LogP contribution is -2.24. The van der Waals surface area contributed by atoms with Crippen molar-refractivity contribution < 1.29 is 0 Å². The lowest BCUT2D eigenvalue weighted by molar-refractivity contribution is 0.349. The van der Waals surface area contributed by atoms with Crippen LogP contribution in [0.2, 0.25) is 0 Å². The highest BCUT2D eigenvalue weighted by Crippen LogP contribution is 2.10. The van der Waals surface area contributed by atoms with Crippen molar-refractivity contribution in [2.24, 2.45) is 0 Å². The van der Waals surface area contributed by atoms with E-state index in [9.17, 15) is 0 Å². The second kappa shape index (κ2) is 6.00. The predicted molar refractivity (Wildman–Crippen MR) is 66.3 cm³/mol. The van der Waals surface area contributed by atoms with E-state index in [1.54, 1.807) is 11.3 Å². The predicted octanol–water partition coefficient (Wildman–Crippen LogP) is 1.66. The molecule has 1 rings (SSSR count). The van der Waals surface area contributed by atoms with Crippen molar-refractivity contribution in [3.63, 3.8) is 0 Å². The molecule has 0 unspecified atom stereocenters. The molecule has 0 saturated carbocycles. The zero-order chi connectivity index (χ0) is 11.3. The van der Waals surface area contributed by atoms with E-state index in [0.29, 0.717) is 0 Å². The molecule has 0 bridgehead atoms. The minimum atomic E-state index is 0.875. The van der Waals surface area contributed by atoms with Gasteiger partial charge < -0.3 is 5.32 Å². The highest BCUT2D eigenvalue weighted by atomic mass is 32.1. The van der Waals surface area contributed by atoms with Gasteiger partial charge in [0.25, 0.3) is 0 Å². The molecule has 1 N–H and O–H groups in total. The van der Waals surface area contributed by atoms with Crippen molar-refractivity contribution in [1.82, 2.24) is 15.2 Å². The largest absolute Gasteiger partial charge is 0.316 e. The van der Waals surface area contributed by atoms with Gasteiger partial charge in [0.2, 0.25) is 0 Å². The minimum absolute atomic E-state index is 0.875. The number of nitrogens with zero attached hydrogens (tertiary/aromatic N) is 2. The molecule has 1 heterocycles. The molecule has 0 fully saturated rings. The van der Waals surface area contributed by atoms with Gasteiger partial charge in [-0.05, 0) is 26.6 Å². The third-order valence-electron chi connectivity index (χ3n) is 2.02. The number of rotatable bonds is 6. The maximum atomic E-state index is 4.44. The fourth-order valence-electron chi connectivity index (χ4n) is 1.50.